The first-order chi connectivity index (χ1) is 15.4. The number of hydrogen-bond donors (Lipinski definition) is 2. The van der Waals surface area contributed by atoms with Crippen LogP contribution in [0.4, 0.5) is 23.2 Å². The predicted molar refractivity (Wildman–Crippen MR) is 111 cm³/mol. The van der Waals surface area contributed by atoms with E-state index in [-0.39, 0.29) is 40.2 Å². The minimum Gasteiger partial charge on any atom is -0.320 e. The Morgan fingerprint density at radius 1 is 1.33 bits per heavy atom. The maximum Gasteiger partial charge on any atom is 0.420 e. The summed E-state index contributed by atoms with van der Waals surface area (Å²) in [7, 11) is -3.18. The molecule has 1 amide bonds. The van der Waals surface area contributed by atoms with Gasteiger partial charge < -0.3 is 5.32 Å². The molecule has 7 nitrogen and oxygen atoms in total. The summed E-state index contributed by atoms with van der Waals surface area (Å²) in [6, 6.07) is 2.57. The SMILES string of the molecule is CS(=N)(=O)c1cc(NC(=O)c2c(C(F)(F)F)c(C3CC3)nn2CC2CC3(C2)CC3F)ccn1. The van der Waals surface area contributed by atoms with Crippen LogP contribution >= 0.6 is 0 Å². The van der Waals surface area contributed by atoms with Gasteiger partial charge in [0.2, 0.25) is 0 Å². The van der Waals surface area contributed by atoms with Gasteiger partial charge in [-0.1, -0.05) is 0 Å². The molecule has 0 saturated heterocycles. The highest BCUT2D eigenvalue weighted by Crippen LogP contribution is 2.65. The van der Waals surface area contributed by atoms with E-state index >= 15 is 0 Å². The van der Waals surface area contributed by atoms with Crippen molar-refractivity contribution >= 4 is 21.3 Å². The maximum atomic E-state index is 14.1. The zero-order valence-electron chi connectivity index (χ0n) is 17.8. The van der Waals surface area contributed by atoms with E-state index in [0.29, 0.717) is 32.1 Å². The Morgan fingerprint density at radius 2 is 2.00 bits per heavy atom. The Hall–Kier alpha value is -2.50. The lowest BCUT2D eigenvalue weighted by Crippen LogP contribution is -2.32. The second-order valence-electron chi connectivity index (χ2n) is 9.55. The average molecular weight is 486 g/mol. The molecular weight excluding hydrogens is 462 g/mol. The van der Waals surface area contributed by atoms with Crippen molar-refractivity contribution in [2.45, 2.75) is 61.9 Å². The van der Waals surface area contributed by atoms with Gasteiger partial charge in [0.05, 0.1) is 15.4 Å². The molecule has 33 heavy (non-hydrogen) atoms. The highest BCUT2D eigenvalue weighted by molar-refractivity contribution is 7.91. The molecule has 3 saturated carbocycles. The van der Waals surface area contributed by atoms with Gasteiger partial charge in [-0.15, -0.1) is 0 Å². The predicted octanol–water partition coefficient (Wildman–Crippen LogP) is 4.60. The second kappa shape index (κ2) is 7.25. The molecule has 0 radical (unpaired) electrons. The quantitative estimate of drug-likeness (QED) is 0.584. The first-order valence-corrected chi connectivity index (χ1v) is 12.7. The van der Waals surface area contributed by atoms with E-state index in [1.54, 1.807) is 0 Å². The molecule has 3 fully saturated rings. The van der Waals surface area contributed by atoms with E-state index in [4.69, 9.17) is 4.78 Å². The highest BCUT2D eigenvalue weighted by atomic mass is 32.2. The minimum absolute atomic E-state index is 0.0362. The van der Waals surface area contributed by atoms with Crippen LogP contribution in [-0.4, -0.2) is 37.3 Å². The number of nitrogens with one attached hydrogen (secondary N) is 2. The first-order valence-electron chi connectivity index (χ1n) is 10.7. The Morgan fingerprint density at radius 3 is 2.55 bits per heavy atom. The molecule has 2 atom stereocenters. The number of aromatic nitrogens is 3. The molecule has 178 valence electrons. The van der Waals surface area contributed by atoms with Crippen LogP contribution in [0.2, 0.25) is 0 Å². The van der Waals surface area contributed by atoms with Crippen LogP contribution in [0.15, 0.2) is 23.4 Å². The Kier molecular flexibility index (Phi) is 4.90. The van der Waals surface area contributed by atoms with Crippen molar-refractivity contribution in [2.75, 3.05) is 11.6 Å². The molecular formula is C21H23F4N5O2S. The highest BCUT2D eigenvalue weighted by Gasteiger charge is 2.62. The van der Waals surface area contributed by atoms with Gasteiger partial charge in [-0.2, -0.15) is 18.3 Å². The third-order valence-electron chi connectivity index (χ3n) is 6.75. The standard InChI is InChI=1S/C21H23F4N5O2S/c1-33(26,32)15-6-13(4-5-27-15)28-19(31)18-16(21(23,24)25)17(12-2-3-12)29-30(18)10-11-7-20(8-11)9-14(20)22/h4-6,11-12,14,26H,2-3,7-10H2,1H3,(H,27,28,31). The summed E-state index contributed by atoms with van der Waals surface area (Å²) in [6.45, 7) is 0.115. The van der Waals surface area contributed by atoms with Gasteiger partial charge in [0.15, 0.2) is 0 Å². The molecule has 2 aromatic heterocycles. The van der Waals surface area contributed by atoms with Gasteiger partial charge in [-0.25, -0.2) is 18.4 Å². The molecule has 3 aliphatic rings. The third kappa shape index (κ3) is 4.13. The zero-order valence-corrected chi connectivity index (χ0v) is 18.6. The van der Waals surface area contributed by atoms with Crippen molar-refractivity contribution in [3.8, 4) is 0 Å². The Bertz CT molecular complexity index is 1230. The van der Waals surface area contributed by atoms with Crippen LogP contribution in [-0.2, 0) is 22.5 Å². The normalized spacial score (nSPS) is 28.3. The van der Waals surface area contributed by atoms with Gasteiger partial charge >= 0.3 is 6.18 Å². The largest absolute Gasteiger partial charge is 0.420 e. The monoisotopic (exact) mass is 485 g/mol. The summed E-state index contributed by atoms with van der Waals surface area (Å²) >= 11 is 0. The molecule has 2 unspecified atom stereocenters. The smallest absolute Gasteiger partial charge is 0.320 e. The summed E-state index contributed by atoms with van der Waals surface area (Å²) in [6.07, 6.45) is -0.393. The number of hydrogen-bond acceptors (Lipinski definition) is 5. The van der Waals surface area contributed by atoms with Gasteiger partial charge in [-0.05, 0) is 50.2 Å². The number of alkyl halides is 4. The van der Waals surface area contributed by atoms with Crippen LogP contribution in [0, 0.1) is 16.1 Å². The molecule has 2 aromatic rings. The van der Waals surface area contributed by atoms with Crippen molar-refractivity contribution in [2.24, 2.45) is 11.3 Å². The molecule has 12 heteroatoms. The molecule has 0 bridgehead atoms. The Labute approximate surface area is 187 Å². The number of carbonyl (C=O) groups is 1. The van der Waals surface area contributed by atoms with Crippen LogP contribution in [0.25, 0.3) is 0 Å². The molecule has 1 spiro atoms. The molecule has 5 rings (SSSR count). The molecule has 0 aliphatic heterocycles. The lowest BCUT2D eigenvalue weighted by molar-refractivity contribution is -0.138. The number of anilines is 1. The van der Waals surface area contributed by atoms with Gasteiger partial charge in [-0.3, -0.25) is 9.48 Å². The fourth-order valence-corrected chi connectivity index (χ4v) is 5.45. The fraction of sp³-hybridized carbons (Fsp3) is 0.571. The van der Waals surface area contributed by atoms with Crippen molar-refractivity contribution < 1.29 is 26.6 Å². The maximum absolute atomic E-state index is 14.1. The first kappa shape index (κ1) is 22.3. The van der Waals surface area contributed by atoms with Gasteiger partial charge in [0, 0.05) is 36.0 Å². The van der Waals surface area contributed by atoms with Crippen molar-refractivity contribution in [1.29, 1.82) is 4.78 Å². The number of rotatable bonds is 6. The Balaban J connectivity index is 1.48. The summed E-state index contributed by atoms with van der Waals surface area (Å²) in [5.74, 6) is -1.36. The zero-order chi connectivity index (χ0) is 23.8. The molecule has 2 N–H and O–H groups in total. The van der Waals surface area contributed by atoms with E-state index in [2.05, 4.69) is 15.4 Å². The second-order valence-corrected chi connectivity index (χ2v) is 11.7. The van der Waals surface area contributed by atoms with Crippen LogP contribution in [0.5, 0.6) is 0 Å². The topological polar surface area (TPSA) is 101 Å². The lowest BCUT2D eigenvalue weighted by Gasteiger charge is -2.35. The van der Waals surface area contributed by atoms with Crippen LogP contribution in [0.1, 0.15) is 59.8 Å². The summed E-state index contributed by atoms with van der Waals surface area (Å²) in [5.41, 5.74) is -1.94. The number of carbonyl (C=O) groups excluding carboxylic acids is 1. The molecule has 0 aromatic carbocycles. The van der Waals surface area contributed by atoms with Crippen LogP contribution in [0.3, 0.4) is 0 Å². The lowest BCUT2D eigenvalue weighted by atomic mass is 9.71. The number of pyridine rings is 1. The van der Waals surface area contributed by atoms with Gasteiger partial charge in [0.25, 0.3) is 5.91 Å². The number of nitrogens with zero attached hydrogens (tertiary/aromatic N) is 3. The van der Waals surface area contributed by atoms with E-state index < -0.39 is 39.2 Å². The average Bonchev–Trinajstić information content (AvgIpc) is 3.58. The van der Waals surface area contributed by atoms with E-state index in [9.17, 15) is 26.6 Å². The summed E-state index contributed by atoms with van der Waals surface area (Å²) in [5, 5.41) is 6.56. The summed E-state index contributed by atoms with van der Waals surface area (Å²) < 4.78 is 76.6. The molecule has 3 aliphatic carbocycles. The minimum atomic E-state index is -4.77. The number of halogens is 4. The third-order valence-corrected chi connectivity index (χ3v) is 7.77. The van der Waals surface area contributed by atoms with Crippen LogP contribution < -0.4 is 5.32 Å². The van der Waals surface area contributed by atoms with Crippen molar-refractivity contribution in [3.63, 3.8) is 0 Å². The summed E-state index contributed by atoms with van der Waals surface area (Å²) in [4.78, 5) is 17.0. The molecule has 2 heterocycles. The van der Waals surface area contributed by atoms with Crippen molar-refractivity contribution in [1.82, 2.24) is 14.8 Å². The van der Waals surface area contributed by atoms with Crippen molar-refractivity contribution in [3.05, 3.63) is 35.3 Å². The van der Waals surface area contributed by atoms with E-state index in [1.165, 1.54) is 18.3 Å². The fourth-order valence-electron chi connectivity index (χ4n) is 4.84. The van der Waals surface area contributed by atoms with E-state index in [0.717, 1.165) is 10.9 Å². The van der Waals surface area contributed by atoms with Gasteiger partial charge in [0.1, 0.15) is 22.5 Å². The van der Waals surface area contributed by atoms with E-state index in [1.807, 2.05) is 0 Å². The number of amides is 1.